The van der Waals surface area contributed by atoms with Gasteiger partial charge in [0.1, 0.15) is 5.37 Å². The van der Waals surface area contributed by atoms with Crippen LogP contribution in [0.4, 0.5) is 0 Å². The maximum Gasteiger partial charge on any atom is 0.233 e. The molecule has 1 unspecified atom stereocenters. The Morgan fingerprint density at radius 3 is 2.74 bits per heavy atom. The Labute approximate surface area is 147 Å². The molecule has 6 heteroatoms. The minimum Gasteiger partial charge on any atom is -0.326 e. The Balaban J connectivity index is 1.54. The van der Waals surface area contributed by atoms with Crippen LogP contribution >= 0.6 is 23.4 Å². The van der Waals surface area contributed by atoms with E-state index in [1.165, 1.54) is 0 Å². The summed E-state index contributed by atoms with van der Waals surface area (Å²) < 4.78 is 0. The van der Waals surface area contributed by atoms with E-state index >= 15 is 0 Å². The first kappa shape index (κ1) is 17.1. The van der Waals surface area contributed by atoms with Crippen molar-refractivity contribution < 1.29 is 4.79 Å². The number of thioether (sulfide) groups is 1. The first-order valence-electron chi connectivity index (χ1n) is 8.21. The summed E-state index contributed by atoms with van der Waals surface area (Å²) in [5.74, 6) is 0.824. The number of carbonyl (C=O) groups is 1. The van der Waals surface area contributed by atoms with Gasteiger partial charge in [0.2, 0.25) is 5.91 Å². The molecule has 0 saturated carbocycles. The molecule has 1 aromatic rings. The van der Waals surface area contributed by atoms with Crippen molar-refractivity contribution in [3.05, 3.63) is 34.9 Å². The number of amides is 1. The standard InChI is InChI=1S/C17H24ClN3OS/c1-19-8-10-20(11-9-19)6-3-7-21-16(22)13-23-17(21)14-4-2-5-15(18)12-14/h2,4-5,12,17H,3,6-11,13H2,1H3. The molecular weight excluding hydrogens is 330 g/mol. The highest BCUT2D eigenvalue weighted by molar-refractivity contribution is 8.00. The summed E-state index contributed by atoms with van der Waals surface area (Å²) in [5.41, 5.74) is 1.13. The Bertz CT molecular complexity index is 548. The Kier molecular flexibility index (Phi) is 5.85. The van der Waals surface area contributed by atoms with E-state index < -0.39 is 0 Å². The van der Waals surface area contributed by atoms with E-state index in [1.807, 2.05) is 23.1 Å². The van der Waals surface area contributed by atoms with Crippen LogP contribution < -0.4 is 0 Å². The van der Waals surface area contributed by atoms with E-state index in [2.05, 4.69) is 22.9 Å². The third-order valence-electron chi connectivity index (χ3n) is 4.57. The fourth-order valence-corrected chi connectivity index (χ4v) is 4.58. The minimum atomic E-state index is 0.119. The van der Waals surface area contributed by atoms with Crippen molar-refractivity contribution >= 4 is 29.3 Å². The van der Waals surface area contributed by atoms with Gasteiger partial charge in [0.15, 0.2) is 0 Å². The van der Waals surface area contributed by atoms with Crippen LogP contribution in [0, 0.1) is 0 Å². The summed E-state index contributed by atoms with van der Waals surface area (Å²) in [6.07, 6.45) is 1.03. The molecule has 23 heavy (non-hydrogen) atoms. The predicted molar refractivity (Wildman–Crippen MR) is 96.9 cm³/mol. The smallest absolute Gasteiger partial charge is 0.233 e. The number of piperazine rings is 1. The highest BCUT2D eigenvalue weighted by atomic mass is 35.5. The number of halogens is 1. The van der Waals surface area contributed by atoms with E-state index in [0.29, 0.717) is 5.75 Å². The highest BCUT2D eigenvalue weighted by Gasteiger charge is 2.32. The van der Waals surface area contributed by atoms with Crippen LogP contribution in [0.5, 0.6) is 0 Å². The summed E-state index contributed by atoms with van der Waals surface area (Å²) in [4.78, 5) is 19.1. The lowest BCUT2D eigenvalue weighted by Crippen LogP contribution is -2.45. The van der Waals surface area contributed by atoms with Gasteiger partial charge in [0.25, 0.3) is 0 Å². The van der Waals surface area contributed by atoms with E-state index in [0.717, 1.165) is 56.3 Å². The van der Waals surface area contributed by atoms with Gasteiger partial charge in [-0.05, 0) is 37.7 Å². The van der Waals surface area contributed by atoms with Crippen LogP contribution in [0.3, 0.4) is 0 Å². The monoisotopic (exact) mass is 353 g/mol. The Morgan fingerprint density at radius 2 is 2.00 bits per heavy atom. The minimum absolute atomic E-state index is 0.119. The van der Waals surface area contributed by atoms with Gasteiger partial charge in [0, 0.05) is 37.7 Å². The largest absolute Gasteiger partial charge is 0.326 e. The van der Waals surface area contributed by atoms with Crippen LogP contribution in [-0.2, 0) is 4.79 Å². The molecule has 1 aromatic carbocycles. The molecule has 2 saturated heterocycles. The summed E-state index contributed by atoms with van der Waals surface area (Å²) in [6.45, 7) is 6.46. The molecule has 0 spiro atoms. The average molecular weight is 354 g/mol. The lowest BCUT2D eigenvalue weighted by Gasteiger charge is -2.33. The second-order valence-electron chi connectivity index (χ2n) is 6.30. The quantitative estimate of drug-likeness (QED) is 0.812. The van der Waals surface area contributed by atoms with Crippen molar-refractivity contribution in [1.82, 2.24) is 14.7 Å². The fraction of sp³-hybridized carbons (Fsp3) is 0.588. The van der Waals surface area contributed by atoms with Crippen molar-refractivity contribution in [3.8, 4) is 0 Å². The molecule has 0 N–H and O–H groups in total. The molecule has 126 valence electrons. The molecule has 0 bridgehead atoms. The maximum absolute atomic E-state index is 12.2. The first-order valence-corrected chi connectivity index (χ1v) is 9.63. The van der Waals surface area contributed by atoms with Gasteiger partial charge in [-0.2, -0.15) is 0 Å². The van der Waals surface area contributed by atoms with Gasteiger partial charge < -0.3 is 14.7 Å². The third kappa shape index (κ3) is 4.41. The van der Waals surface area contributed by atoms with E-state index in [-0.39, 0.29) is 11.3 Å². The van der Waals surface area contributed by atoms with E-state index in [9.17, 15) is 4.79 Å². The topological polar surface area (TPSA) is 26.8 Å². The second kappa shape index (κ2) is 7.88. The SMILES string of the molecule is CN1CCN(CCCN2C(=O)CSC2c2cccc(Cl)c2)CC1. The second-order valence-corrected chi connectivity index (χ2v) is 7.81. The molecule has 3 rings (SSSR count). The van der Waals surface area contributed by atoms with Crippen LogP contribution in [0.25, 0.3) is 0 Å². The summed E-state index contributed by atoms with van der Waals surface area (Å²) >= 11 is 7.81. The van der Waals surface area contributed by atoms with Gasteiger partial charge in [-0.25, -0.2) is 0 Å². The van der Waals surface area contributed by atoms with Crippen LogP contribution in [0.1, 0.15) is 17.4 Å². The molecule has 0 aromatic heterocycles. The number of benzene rings is 1. The number of rotatable bonds is 5. The molecule has 2 heterocycles. The third-order valence-corrected chi connectivity index (χ3v) is 6.06. The molecule has 1 atom stereocenters. The zero-order chi connectivity index (χ0) is 16.2. The van der Waals surface area contributed by atoms with Crippen LogP contribution in [0.15, 0.2) is 24.3 Å². The molecule has 2 fully saturated rings. The number of carbonyl (C=O) groups excluding carboxylic acids is 1. The summed E-state index contributed by atoms with van der Waals surface area (Å²) in [7, 11) is 2.17. The lowest BCUT2D eigenvalue weighted by molar-refractivity contribution is -0.128. The van der Waals surface area contributed by atoms with Gasteiger partial charge in [0.05, 0.1) is 5.75 Å². The number of hydrogen-bond donors (Lipinski definition) is 0. The van der Waals surface area contributed by atoms with Gasteiger partial charge in [-0.15, -0.1) is 11.8 Å². The number of hydrogen-bond acceptors (Lipinski definition) is 4. The van der Waals surface area contributed by atoms with Crippen molar-refractivity contribution in [2.45, 2.75) is 11.8 Å². The highest BCUT2D eigenvalue weighted by Crippen LogP contribution is 2.39. The molecular formula is C17H24ClN3OS. The first-order chi connectivity index (χ1) is 11.1. The average Bonchev–Trinajstić information content (AvgIpc) is 2.90. The summed E-state index contributed by atoms with van der Waals surface area (Å²) in [5, 5.41) is 0.855. The number of nitrogens with zero attached hydrogens (tertiary/aromatic N) is 3. The van der Waals surface area contributed by atoms with Gasteiger partial charge in [-0.1, -0.05) is 23.7 Å². The van der Waals surface area contributed by atoms with Crippen molar-refractivity contribution in [3.63, 3.8) is 0 Å². The zero-order valence-electron chi connectivity index (χ0n) is 13.6. The lowest BCUT2D eigenvalue weighted by atomic mass is 10.2. The Morgan fingerprint density at radius 1 is 1.22 bits per heavy atom. The Hall–Kier alpha value is -0.750. The fourth-order valence-electron chi connectivity index (χ4n) is 3.17. The normalized spacial score (nSPS) is 23.7. The van der Waals surface area contributed by atoms with Crippen molar-refractivity contribution in [2.24, 2.45) is 0 Å². The van der Waals surface area contributed by atoms with E-state index in [4.69, 9.17) is 11.6 Å². The molecule has 2 aliphatic rings. The number of likely N-dealkylation sites (N-methyl/N-ethyl adjacent to an activating group) is 1. The van der Waals surface area contributed by atoms with Gasteiger partial charge in [-0.3, -0.25) is 4.79 Å². The van der Waals surface area contributed by atoms with Crippen molar-refractivity contribution in [2.75, 3.05) is 52.1 Å². The molecule has 1 amide bonds. The maximum atomic E-state index is 12.2. The molecule has 0 aliphatic carbocycles. The van der Waals surface area contributed by atoms with Crippen molar-refractivity contribution in [1.29, 1.82) is 0 Å². The van der Waals surface area contributed by atoms with E-state index in [1.54, 1.807) is 11.8 Å². The van der Waals surface area contributed by atoms with Crippen LogP contribution in [-0.4, -0.2) is 72.7 Å². The van der Waals surface area contributed by atoms with Gasteiger partial charge >= 0.3 is 0 Å². The zero-order valence-corrected chi connectivity index (χ0v) is 15.2. The van der Waals surface area contributed by atoms with Crippen LogP contribution in [0.2, 0.25) is 5.02 Å². The predicted octanol–water partition coefficient (Wildman–Crippen LogP) is 2.55. The molecule has 0 radical (unpaired) electrons. The molecule has 2 aliphatic heterocycles. The molecule has 4 nitrogen and oxygen atoms in total. The summed E-state index contributed by atoms with van der Waals surface area (Å²) in [6, 6.07) is 7.88.